The molecule has 0 N–H and O–H groups in total. The van der Waals surface area contributed by atoms with Crippen molar-refractivity contribution in [3.63, 3.8) is 0 Å². The first kappa shape index (κ1) is 16.8. The lowest BCUT2D eigenvalue weighted by Gasteiger charge is -2.11. The molecule has 0 saturated carbocycles. The number of halogens is 2. The largest absolute Gasteiger partial charge is 0.291 e. The van der Waals surface area contributed by atoms with Gasteiger partial charge in [-0.05, 0) is 36.4 Å². The molecule has 4 rings (SSSR count). The molecule has 0 amide bonds. The summed E-state index contributed by atoms with van der Waals surface area (Å²) in [5, 5.41) is 5.39. The maximum absolute atomic E-state index is 13.0. The minimum absolute atomic E-state index is 0.185. The van der Waals surface area contributed by atoms with Gasteiger partial charge < -0.3 is 0 Å². The van der Waals surface area contributed by atoms with E-state index in [-0.39, 0.29) is 5.56 Å². The maximum atomic E-state index is 13.0. The minimum Gasteiger partial charge on any atom is -0.291 e. The Morgan fingerprint density at radius 2 is 1.88 bits per heavy atom. The van der Waals surface area contributed by atoms with Crippen LogP contribution in [0.3, 0.4) is 0 Å². The van der Waals surface area contributed by atoms with Gasteiger partial charge in [0.2, 0.25) is 0 Å². The first-order valence-electron chi connectivity index (χ1n) is 7.90. The van der Waals surface area contributed by atoms with Crippen molar-refractivity contribution < 1.29 is 0 Å². The van der Waals surface area contributed by atoms with Crippen LogP contribution in [0.4, 0.5) is 0 Å². The molecule has 3 aromatic heterocycles. The molecule has 4 aromatic rings. The monoisotopic (exact) mass is 385 g/mol. The Morgan fingerprint density at radius 3 is 2.58 bits per heavy atom. The van der Waals surface area contributed by atoms with E-state index < -0.39 is 0 Å². The van der Waals surface area contributed by atoms with Crippen molar-refractivity contribution in [3.8, 4) is 17.1 Å². The van der Waals surface area contributed by atoms with Crippen molar-refractivity contribution in [2.24, 2.45) is 0 Å². The standard InChI is InChI=1S/C18H13Cl2N5O/c19-7-9-24-16(12-2-1-8-21-10-12)23-17-15(18(24)26)11-22-25(17)14-5-3-13(20)4-6-14/h1-6,8,10-11H,7,9H2. The fraction of sp³-hybridized carbons (Fsp3) is 0.111. The summed E-state index contributed by atoms with van der Waals surface area (Å²) in [4.78, 5) is 21.8. The fourth-order valence-corrected chi connectivity index (χ4v) is 3.08. The van der Waals surface area contributed by atoms with Crippen LogP contribution in [0.2, 0.25) is 5.02 Å². The van der Waals surface area contributed by atoms with Crippen LogP contribution >= 0.6 is 23.2 Å². The molecular formula is C18H13Cl2N5O. The molecule has 0 bridgehead atoms. The van der Waals surface area contributed by atoms with Crippen molar-refractivity contribution in [3.05, 3.63) is 70.4 Å². The van der Waals surface area contributed by atoms with Crippen LogP contribution < -0.4 is 5.56 Å². The molecule has 3 heterocycles. The van der Waals surface area contributed by atoms with E-state index in [1.54, 1.807) is 39.8 Å². The summed E-state index contributed by atoms with van der Waals surface area (Å²) in [5.41, 5.74) is 1.79. The topological polar surface area (TPSA) is 65.6 Å². The summed E-state index contributed by atoms with van der Waals surface area (Å²) < 4.78 is 3.18. The van der Waals surface area contributed by atoms with Gasteiger partial charge in [0.1, 0.15) is 11.2 Å². The first-order chi connectivity index (χ1) is 12.7. The van der Waals surface area contributed by atoms with Crippen molar-refractivity contribution in [1.29, 1.82) is 0 Å². The van der Waals surface area contributed by atoms with Crippen LogP contribution in [0.25, 0.3) is 28.1 Å². The van der Waals surface area contributed by atoms with Crippen molar-refractivity contribution in [1.82, 2.24) is 24.3 Å². The van der Waals surface area contributed by atoms with Gasteiger partial charge >= 0.3 is 0 Å². The van der Waals surface area contributed by atoms with Crippen LogP contribution in [0.15, 0.2) is 59.8 Å². The third-order valence-corrected chi connectivity index (χ3v) is 4.41. The van der Waals surface area contributed by atoms with Gasteiger partial charge in [-0.2, -0.15) is 5.10 Å². The van der Waals surface area contributed by atoms with E-state index in [0.29, 0.717) is 34.3 Å². The average molecular weight is 386 g/mol. The molecule has 0 radical (unpaired) electrons. The highest BCUT2D eigenvalue weighted by molar-refractivity contribution is 6.30. The number of benzene rings is 1. The minimum atomic E-state index is -0.185. The predicted octanol–water partition coefficient (Wildman–Crippen LogP) is 3.54. The molecule has 0 aliphatic carbocycles. The molecule has 0 aliphatic heterocycles. The summed E-state index contributed by atoms with van der Waals surface area (Å²) in [5.74, 6) is 0.804. The highest BCUT2D eigenvalue weighted by Gasteiger charge is 2.17. The quantitative estimate of drug-likeness (QED) is 0.504. The maximum Gasteiger partial charge on any atom is 0.264 e. The number of nitrogens with zero attached hydrogens (tertiary/aromatic N) is 5. The summed E-state index contributed by atoms with van der Waals surface area (Å²) in [6, 6.07) is 10.8. The van der Waals surface area contributed by atoms with E-state index >= 15 is 0 Å². The van der Waals surface area contributed by atoms with Gasteiger partial charge in [-0.1, -0.05) is 11.6 Å². The van der Waals surface area contributed by atoms with Crippen LogP contribution in [0.5, 0.6) is 0 Å². The second-order valence-corrected chi connectivity index (χ2v) is 6.41. The first-order valence-corrected chi connectivity index (χ1v) is 8.81. The molecule has 26 heavy (non-hydrogen) atoms. The Balaban J connectivity index is 2.00. The molecule has 130 valence electrons. The van der Waals surface area contributed by atoms with Gasteiger partial charge in [-0.25, -0.2) is 9.67 Å². The zero-order valence-electron chi connectivity index (χ0n) is 13.5. The zero-order chi connectivity index (χ0) is 18.1. The van der Waals surface area contributed by atoms with E-state index in [1.165, 1.54) is 6.20 Å². The summed E-state index contributed by atoms with van der Waals surface area (Å²) >= 11 is 11.9. The second-order valence-electron chi connectivity index (χ2n) is 5.59. The van der Waals surface area contributed by atoms with E-state index in [2.05, 4.69) is 10.1 Å². The van der Waals surface area contributed by atoms with Crippen molar-refractivity contribution >= 4 is 34.2 Å². The Kier molecular flexibility index (Phi) is 4.44. The highest BCUT2D eigenvalue weighted by Crippen LogP contribution is 2.21. The van der Waals surface area contributed by atoms with Crippen LogP contribution in [0, 0.1) is 0 Å². The van der Waals surface area contributed by atoms with Crippen LogP contribution in [-0.2, 0) is 6.54 Å². The Bertz CT molecular complexity index is 1120. The van der Waals surface area contributed by atoms with Crippen molar-refractivity contribution in [2.75, 3.05) is 5.88 Å². The molecule has 8 heteroatoms. The number of hydrogen-bond acceptors (Lipinski definition) is 4. The lowest BCUT2D eigenvalue weighted by atomic mass is 10.2. The summed E-state index contributed by atoms with van der Waals surface area (Å²) in [7, 11) is 0. The summed E-state index contributed by atoms with van der Waals surface area (Å²) in [6.07, 6.45) is 4.86. The average Bonchev–Trinajstić information content (AvgIpc) is 3.09. The van der Waals surface area contributed by atoms with E-state index in [0.717, 1.165) is 11.3 Å². The molecule has 1 aromatic carbocycles. The lowest BCUT2D eigenvalue weighted by molar-refractivity contribution is 0.730. The third kappa shape index (κ3) is 2.87. The third-order valence-electron chi connectivity index (χ3n) is 3.99. The van der Waals surface area contributed by atoms with E-state index in [9.17, 15) is 4.79 Å². The van der Waals surface area contributed by atoms with E-state index in [1.807, 2.05) is 18.2 Å². The predicted molar refractivity (Wildman–Crippen MR) is 102 cm³/mol. The summed E-state index contributed by atoms with van der Waals surface area (Å²) in [6.45, 7) is 0.347. The molecular weight excluding hydrogens is 373 g/mol. The fourth-order valence-electron chi connectivity index (χ4n) is 2.78. The number of fused-ring (bicyclic) bond motifs is 1. The normalized spacial score (nSPS) is 11.2. The Morgan fingerprint density at radius 1 is 1.08 bits per heavy atom. The molecule has 0 atom stereocenters. The van der Waals surface area contributed by atoms with Gasteiger partial charge in [-0.15, -0.1) is 11.6 Å². The number of rotatable bonds is 4. The van der Waals surface area contributed by atoms with Gasteiger partial charge in [0.05, 0.1) is 11.9 Å². The van der Waals surface area contributed by atoms with Gasteiger partial charge in [0, 0.05) is 35.4 Å². The van der Waals surface area contributed by atoms with E-state index in [4.69, 9.17) is 28.2 Å². The SMILES string of the molecule is O=c1c2cnn(-c3ccc(Cl)cc3)c2nc(-c2cccnc2)n1CCCl. The van der Waals surface area contributed by atoms with Gasteiger partial charge in [-0.3, -0.25) is 14.3 Å². The lowest BCUT2D eigenvalue weighted by Crippen LogP contribution is -2.24. The Hall–Kier alpha value is -2.70. The smallest absolute Gasteiger partial charge is 0.264 e. The van der Waals surface area contributed by atoms with Gasteiger partial charge in [0.15, 0.2) is 5.65 Å². The van der Waals surface area contributed by atoms with Crippen molar-refractivity contribution in [2.45, 2.75) is 6.54 Å². The number of pyridine rings is 1. The number of hydrogen-bond donors (Lipinski definition) is 0. The molecule has 0 fully saturated rings. The van der Waals surface area contributed by atoms with Gasteiger partial charge in [0.25, 0.3) is 5.56 Å². The Labute approximate surface area is 158 Å². The molecule has 0 spiro atoms. The molecule has 0 unspecified atom stereocenters. The van der Waals surface area contributed by atoms with Crippen LogP contribution in [-0.4, -0.2) is 30.2 Å². The molecule has 0 saturated heterocycles. The highest BCUT2D eigenvalue weighted by atomic mass is 35.5. The number of aromatic nitrogens is 5. The number of alkyl halides is 1. The second kappa shape index (κ2) is 6.90. The molecule has 0 aliphatic rings. The molecule has 6 nitrogen and oxygen atoms in total. The zero-order valence-corrected chi connectivity index (χ0v) is 15.0. The van der Waals surface area contributed by atoms with Crippen LogP contribution in [0.1, 0.15) is 0 Å².